The zero-order chi connectivity index (χ0) is 13.9. The van der Waals surface area contributed by atoms with Gasteiger partial charge in [-0.25, -0.2) is 0 Å². The number of hydrogen-bond donors (Lipinski definition) is 1. The predicted molar refractivity (Wildman–Crippen MR) is 74.8 cm³/mol. The summed E-state index contributed by atoms with van der Waals surface area (Å²) in [4.78, 5) is 23.0. The lowest BCUT2D eigenvalue weighted by Crippen LogP contribution is -2.35. The molecule has 1 aliphatic rings. The minimum atomic E-state index is -0.778. The summed E-state index contributed by atoms with van der Waals surface area (Å²) in [6, 6.07) is 0. The molecule has 1 rings (SSSR count). The molecule has 102 valence electrons. The predicted octanol–water partition coefficient (Wildman–Crippen LogP) is 3.14. The minimum Gasteiger partial charge on any atom is -0.480 e. The molecule has 1 aliphatic carbocycles. The van der Waals surface area contributed by atoms with Crippen molar-refractivity contribution in [2.45, 2.75) is 50.5 Å². The Morgan fingerprint density at radius 3 is 2.67 bits per heavy atom. The Morgan fingerprint density at radius 1 is 1.61 bits per heavy atom. The molecule has 3 nitrogen and oxygen atoms in total. The number of hydrogen-bond acceptors (Lipinski definition) is 3. The molecule has 1 N–H and O–H groups in total. The number of thioether (sulfide) groups is 1. The number of carbonyl (C=O) groups excluding carboxylic acids is 1. The van der Waals surface area contributed by atoms with Crippen molar-refractivity contribution in [1.82, 2.24) is 0 Å². The van der Waals surface area contributed by atoms with Gasteiger partial charge in [0.05, 0.1) is 0 Å². The molecule has 18 heavy (non-hydrogen) atoms. The van der Waals surface area contributed by atoms with Crippen molar-refractivity contribution in [2.24, 2.45) is 11.8 Å². The highest BCUT2D eigenvalue weighted by molar-refractivity contribution is 8.01. The molecule has 0 aromatic heterocycles. The summed E-state index contributed by atoms with van der Waals surface area (Å²) in [6.45, 7) is 9.67. The van der Waals surface area contributed by atoms with E-state index in [2.05, 4.69) is 6.58 Å². The van der Waals surface area contributed by atoms with Gasteiger partial charge in [-0.1, -0.05) is 26.0 Å². The maximum Gasteiger partial charge on any atom is 0.316 e. The number of ketones is 1. The van der Waals surface area contributed by atoms with E-state index < -0.39 is 11.2 Å². The van der Waals surface area contributed by atoms with Gasteiger partial charge in [-0.2, -0.15) is 0 Å². The van der Waals surface area contributed by atoms with Gasteiger partial charge in [0.15, 0.2) is 0 Å². The lowest BCUT2D eigenvalue weighted by Gasteiger charge is -2.34. The van der Waals surface area contributed by atoms with Gasteiger partial charge in [0.25, 0.3) is 0 Å². The number of aliphatic carboxylic acids is 1. The third kappa shape index (κ3) is 3.61. The second kappa shape index (κ2) is 6.41. The normalized spacial score (nSPS) is 29.9. The van der Waals surface area contributed by atoms with Crippen LogP contribution in [0.1, 0.15) is 40.0 Å². The van der Waals surface area contributed by atoms with Crippen LogP contribution in [0.3, 0.4) is 0 Å². The van der Waals surface area contributed by atoms with Gasteiger partial charge in [0, 0.05) is 17.6 Å². The molecule has 0 aromatic carbocycles. The first-order valence-corrected chi connectivity index (χ1v) is 7.37. The zero-order valence-electron chi connectivity index (χ0n) is 11.3. The van der Waals surface area contributed by atoms with Crippen molar-refractivity contribution in [3.8, 4) is 0 Å². The maximum absolute atomic E-state index is 12.0. The zero-order valence-corrected chi connectivity index (χ0v) is 12.1. The summed E-state index contributed by atoms with van der Waals surface area (Å²) in [5, 5.41) is 8.81. The van der Waals surface area contributed by atoms with Crippen molar-refractivity contribution in [2.75, 3.05) is 0 Å². The minimum absolute atomic E-state index is 0.0426. The van der Waals surface area contributed by atoms with Crippen LogP contribution < -0.4 is 0 Å². The van der Waals surface area contributed by atoms with Crippen LogP contribution in [0.15, 0.2) is 12.2 Å². The van der Waals surface area contributed by atoms with Crippen LogP contribution in [-0.4, -0.2) is 27.4 Å². The van der Waals surface area contributed by atoms with Crippen molar-refractivity contribution < 1.29 is 14.7 Å². The molecule has 1 fully saturated rings. The second-order valence-corrected chi connectivity index (χ2v) is 6.59. The van der Waals surface area contributed by atoms with E-state index in [1.54, 1.807) is 0 Å². The molecule has 0 amide bonds. The first kappa shape index (κ1) is 15.3. The Balaban J connectivity index is 2.75. The van der Waals surface area contributed by atoms with E-state index in [0.717, 1.165) is 12.0 Å². The Hall–Kier alpha value is -0.770. The Labute approximate surface area is 113 Å². The average Bonchev–Trinajstić information content (AvgIpc) is 2.30. The maximum atomic E-state index is 12.0. The summed E-state index contributed by atoms with van der Waals surface area (Å²) in [6.07, 6.45) is 2.03. The number of carboxylic acids is 1. The highest BCUT2D eigenvalue weighted by Crippen LogP contribution is 2.39. The number of rotatable bonds is 5. The molecule has 0 spiro atoms. The van der Waals surface area contributed by atoms with Gasteiger partial charge in [0.1, 0.15) is 11.0 Å². The molecular weight excluding hydrogens is 248 g/mol. The highest BCUT2D eigenvalue weighted by Gasteiger charge is 2.36. The molecule has 0 radical (unpaired) electrons. The van der Waals surface area contributed by atoms with Crippen molar-refractivity contribution >= 4 is 23.5 Å². The van der Waals surface area contributed by atoms with Gasteiger partial charge in [-0.05, 0) is 25.7 Å². The molecule has 4 unspecified atom stereocenters. The van der Waals surface area contributed by atoms with E-state index in [9.17, 15) is 9.59 Å². The van der Waals surface area contributed by atoms with E-state index >= 15 is 0 Å². The molecule has 0 bridgehead atoms. The van der Waals surface area contributed by atoms with Crippen molar-refractivity contribution in [1.29, 1.82) is 0 Å². The SMILES string of the molecule is C=C(C)C1CC(=O)C(C)C(SC(CC)C(=O)O)C1. The standard InChI is InChI=1S/C14H22O3S/c1-5-12(14(16)17)18-13-7-10(8(2)3)6-11(15)9(13)4/h9-10,12-13H,2,5-7H2,1,3-4H3,(H,16,17). The Kier molecular flexibility index (Phi) is 5.45. The third-order valence-corrected chi connectivity index (χ3v) is 5.53. The molecule has 0 heterocycles. The van der Waals surface area contributed by atoms with Crippen LogP contribution in [0.25, 0.3) is 0 Å². The Bertz CT molecular complexity index is 351. The van der Waals surface area contributed by atoms with Gasteiger partial charge in [-0.3, -0.25) is 9.59 Å². The summed E-state index contributed by atoms with van der Waals surface area (Å²) >= 11 is 1.45. The van der Waals surface area contributed by atoms with Crippen LogP contribution in [0.2, 0.25) is 0 Å². The number of allylic oxidation sites excluding steroid dienone is 1. The fourth-order valence-corrected chi connectivity index (χ4v) is 3.75. The van der Waals surface area contributed by atoms with Crippen LogP contribution in [0.4, 0.5) is 0 Å². The van der Waals surface area contributed by atoms with Crippen LogP contribution in [0, 0.1) is 11.8 Å². The van der Waals surface area contributed by atoms with Crippen molar-refractivity contribution in [3.05, 3.63) is 12.2 Å². The van der Waals surface area contributed by atoms with Gasteiger partial charge >= 0.3 is 5.97 Å². The first-order valence-electron chi connectivity index (χ1n) is 6.43. The molecule has 4 heteroatoms. The van der Waals surface area contributed by atoms with E-state index in [1.807, 2.05) is 20.8 Å². The average molecular weight is 270 g/mol. The summed E-state index contributed by atoms with van der Waals surface area (Å²) in [7, 11) is 0. The van der Waals surface area contributed by atoms with Gasteiger partial charge < -0.3 is 5.11 Å². The summed E-state index contributed by atoms with van der Waals surface area (Å²) < 4.78 is 0. The molecule has 0 aromatic rings. The van der Waals surface area contributed by atoms with E-state index in [4.69, 9.17) is 5.11 Å². The van der Waals surface area contributed by atoms with E-state index in [1.165, 1.54) is 11.8 Å². The molecular formula is C14H22O3S. The Morgan fingerprint density at radius 2 is 2.22 bits per heavy atom. The van der Waals surface area contributed by atoms with Gasteiger partial charge in [0.2, 0.25) is 0 Å². The highest BCUT2D eigenvalue weighted by atomic mass is 32.2. The molecule has 4 atom stereocenters. The monoisotopic (exact) mass is 270 g/mol. The topological polar surface area (TPSA) is 54.4 Å². The summed E-state index contributed by atoms with van der Waals surface area (Å²) in [5.74, 6) is -0.358. The number of carboxylic acid groups (broad SMARTS) is 1. The molecule has 0 aliphatic heterocycles. The number of carbonyl (C=O) groups is 2. The number of Topliss-reactive ketones (excluding diaryl/α,β-unsaturated/α-hetero) is 1. The van der Waals surface area contributed by atoms with Gasteiger partial charge in [-0.15, -0.1) is 11.8 Å². The molecule has 1 saturated carbocycles. The fourth-order valence-electron chi connectivity index (χ4n) is 2.29. The van der Waals surface area contributed by atoms with Crippen LogP contribution in [-0.2, 0) is 9.59 Å². The third-order valence-electron chi connectivity index (χ3n) is 3.71. The summed E-state index contributed by atoms with van der Waals surface area (Å²) in [5.41, 5.74) is 1.03. The second-order valence-electron chi connectivity index (χ2n) is 5.15. The molecule has 0 saturated heterocycles. The quantitative estimate of drug-likeness (QED) is 0.780. The fraction of sp³-hybridized carbons (Fsp3) is 0.714. The lowest BCUT2D eigenvalue weighted by molar-refractivity contribution is -0.136. The van der Waals surface area contributed by atoms with Crippen molar-refractivity contribution in [3.63, 3.8) is 0 Å². The van der Waals surface area contributed by atoms with E-state index in [-0.39, 0.29) is 22.9 Å². The van der Waals surface area contributed by atoms with Crippen LogP contribution in [0.5, 0.6) is 0 Å². The smallest absolute Gasteiger partial charge is 0.316 e. The first-order chi connectivity index (χ1) is 8.36. The largest absolute Gasteiger partial charge is 0.480 e. The lowest BCUT2D eigenvalue weighted by atomic mass is 9.79. The van der Waals surface area contributed by atoms with E-state index in [0.29, 0.717) is 12.8 Å². The van der Waals surface area contributed by atoms with Crippen LogP contribution >= 0.6 is 11.8 Å².